The second-order valence-electron chi connectivity index (χ2n) is 5.34. The molecule has 1 saturated carbocycles. The number of nitrogens with zero attached hydrogens (tertiary/aromatic N) is 2. The topological polar surface area (TPSA) is 61.0 Å². The minimum Gasteiger partial charge on any atom is -0.384 e. The molecule has 0 radical (unpaired) electrons. The van der Waals surface area contributed by atoms with Crippen molar-refractivity contribution in [2.75, 3.05) is 12.8 Å². The Morgan fingerprint density at radius 1 is 1.20 bits per heavy atom. The first-order chi connectivity index (χ1) is 9.74. The van der Waals surface area contributed by atoms with Gasteiger partial charge in [0.15, 0.2) is 0 Å². The van der Waals surface area contributed by atoms with E-state index in [0.717, 1.165) is 24.4 Å². The molecule has 104 valence electrons. The molecule has 4 nitrogen and oxygen atoms in total. The Hall–Kier alpha value is -1.94. The first-order valence-corrected chi connectivity index (χ1v) is 6.93. The van der Waals surface area contributed by atoms with Gasteiger partial charge in [-0.2, -0.15) is 0 Å². The molecule has 0 atom stereocenters. The van der Waals surface area contributed by atoms with E-state index in [9.17, 15) is 0 Å². The van der Waals surface area contributed by atoms with E-state index >= 15 is 0 Å². The van der Waals surface area contributed by atoms with E-state index in [-0.39, 0.29) is 5.41 Å². The molecule has 0 unspecified atom stereocenters. The first-order valence-electron chi connectivity index (χ1n) is 6.93. The Kier molecular flexibility index (Phi) is 3.40. The summed E-state index contributed by atoms with van der Waals surface area (Å²) in [6.07, 6.45) is 3.35. The number of benzene rings is 1. The van der Waals surface area contributed by atoms with Crippen molar-refractivity contribution in [3.05, 3.63) is 53.5 Å². The molecule has 0 bridgehead atoms. The molecule has 3 rings (SSSR count). The number of methoxy groups -OCH3 is 1. The van der Waals surface area contributed by atoms with Gasteiger partial charge in [0.25, 0.3) is 0 Å². The zero-order valence-corrected chi connectivity index (χ0v) is 11.7. The third-order valence-electron chi connectivity index (χ3n) is 4.05. The quantitative estimate of drug-likeness (QED) is 0.927. The normalized spacial score (nSPS) is 16.6. The van der Waals surface area contributed by atoms with Crippen LogP contribution in [0.1, 0.15) is 36.3 Å². The molecule has 1 aromatic carbocycles. The van der Waals surface area contributed by atoms with E-state index in [1.54, 1.807) is 13.2 Å². The summed E-state index contributed by atoms with van der Waals surface area (Å²) in [5.41, 5.74) is 7.99. The molecular weight excluding hydrogens is 250 g/mol. The van der Waals surface area contributed by atoms with Crippen LogP contribution in [-0.4, -0.2) is 17.1 Å². The number of ether oxygens (including phenoxy) is 1. The van der Waals surface area contributed by atoms with Gasteiger partial charge >= 0.3 is 0 Å². The number of anilines is 1. The lowest BCUT2D eigenvalue weighted by atomic mass is 9.64. The lowest BCUT2D eigenvalue weighted by molar-refractivity contribution is 0.180. The molecule has 1 aliphatic rings. The van der Waals surface area contributed by atoms with Crippen LogP contribution in [-0.2, 0) is 16.8 Å². The molecule has 2 N–H and O–H groups in total. The third-order valence-corrected chi connectivity index (χ3v) is 4.05. The van der Waals surface area contributed by atoms with Gasteiger partial charge in [-0.05, 0) is 18.4 Å². The van der Waals surface area contributed by atoms with Crippen molar-refractivity contribution in [2.24, 2.45) is 0 Å². The molecule has 1 heterocycles. The highest BCUT2D eigenvalue weighted by atomic mass is 16.5. The van der Waals surface area contributed by atoms with Crippen molar-refractivity contribution in [1.82, 2.24) is 9.97 Å². The summed E-state index contributed by atoms with van der Waals surface area (Å²) in [5, 5.41) is 0. The predicted octanol–water partition coefficient (Wildman–Crippen LogP) is 2.68. The molecule has 0 aliphatic heterocycles. The molecule has 1 aromatic heterocycles. The lowest BCUT2D eigenvalue weighted by Gasteiger charge is -2.41. The van der Waals surface area contributed by atoms with Gasteiger partial charge in [-0.1, -0.05) is 36.8 Å². The monoisotopic (exact) mass is 269 g/mol. The molecule has 0 saturated heterocycles. The van der Waals surface area contributed by atoms with Gasteiger partial charge in [0.05, 0.1) is 17.7 Å². The standard InChI is InChI=1S/C16H19N3O/c1-20-11-13-10-14(17)19-15(18-13)16(8-5-9-16)12-6-3-2-4-7-12/h2-4,6-7,10H,5,8-9,11H2,1H3,(H2,17,18,19). The van der Waals surface area contributed by atoms with Crippen molar-refractivity contribution < 1.29 is 4.74 Å². The van der Waals surface area contributed by atoms with Gasteiger partial charge in [0, 0.05) is 13.2 Å². The Bertz CT molecular complexity index is 594. The van der Waals surface area contributed by atoms with Crippen LogP contribution in [0, 0.1) is 0 Å². The highest BCUT2D eigenvalue weighted by Gasteiger charge is 2.43. The number of nitrogen functional groups attached to an aromatic ring is 1. The Balaban J connectivity index is 2.06. The SMILES string of the molecule is COCc1cc(N)nc(C2(c3ccccc3)CCC2)n1. The number of rotatable bonds is 4. The van der Waals surface area contributed by atoms with Crippen molar-refractivity contribution in [3.63, 3.8) is 0 Å². The van der Waals surface area contributed by atoms with E-state index in [1.165, 1.54) is 12.0 Å². The number of aromatic nitrogens is 2. The van der Waals surface area contributed by atoms with Crippen LogP contribution in [0.25, 0.3) is 0 Å². The van der Waals surface area contributed by atoms with Gasteiger partial charge in [-0.15, -0.1) is 0 Å². The van der Waals surface area contributed by atoms with Crippen LogP contribution in [0.4, 0.5) is 5.82 Å². The fourth-order valence-corrected chi connectivity index (χ4v) is 2.88. The van der Waals surface area contributed by atoms with Crippen LogP contribution < -0.4 is 5.73 Å². The summed E-state index contributed by atoms with van der Waals surface area (Å²) < 4.78 is 5.16. The second-order valence-corrected chi connectivity index (χ2v) is 5.34. The van der Waals surface area contributed by atoms with Gasteiger partial charge in [0.2, 0.25) is 0 Å². The molecule has 0 spiro atoms. The van der Waals surface area contributed by atoms with E-state index < -0.39 is 0 Å². The summed E-state index contributed by atoms with van der Waals surface area (Å²) in [7, 11) is 1.66. The van der Waals surface area contributed by atoms with Crippen molar-refractivity contribution in [3.8, 4) is 0 Å². The van der Waals surface area contributed by atoms with Crippen LogP contribution in [0.2, 0.25) is 0 Å². The predicted molar refractivity (Wildman–Crippen MR) is 78.2 cm³/mol. The molecule has 0 amide bonds. The minimum atomic E-state index is -0.0703. The van der Waals surface area contributed by atoms with Gasteiger partial charge in [-0.3, -0.25) is 0 Å². The smallest absolute Gasteiger partial charge is 0.141 e. The Morgan fingerprint density at radius 3 is 2.55 bits per heavy atom. The molecule has 20 heavy (non-hydrogen) atoms. The van der Waals surface area contributed by atoms with Crippen LogP contribution in [0.3, 0.4) is 0 Å². The highest BCUT2D eigenvalue weighted by molar-refractivity contribution is 5.39. The zero-order valence-electron chi connectivity index (χ0n) is 11.7. The second kappa shape index (κ2) is 5.21. The fraction of sp³-hybridized carbons (Fsp3) is 0.375. The summed E-state index contributed by atoms with van der Waals surface area (Å²) >= 11 is 0. The third kappa shape index (κ3) is 2.16. The number of hydrogen-bond acceptors (Lipinski definition) is 4. The molecular formula is C16H19N3O. The van der Waals surface area contributed by atoms with E-state index in [0.29, 0.717) is 12.4 Å². The zero-order chi connectivity index (χ0) is 14.0. The number of hydrogen-bond donors (Lipinski definition) is 1. The van der Waals surface area contributed by atoms with Crippen molar-refractivity contribution in [1.29, 1.82) is 0 Å². The van der Waals surface area contributed by atoms with Gasteiger partial charge in [0.1, 0.15) is 11.6 Å². The van der Waals surface area contributed by atoms with E-state index in [4.69, 9.17) is 10.5 Å². The largest absolute Gasteiger partial charge is 0.384 e. The van der Waals surface area contributed by atoms with Gasteiger partial charge < -0.3 is 10.5 Å². The maximum atomic E-state index is 5.94. The summed E-state index contributed by atoms with van der Waals surface area (Å²) in [6.45, 7) is 0.463. The minimum absolute atomic E-state index is 0.0703. The van der Waals surface area contributed by atoms with Crippen LogP contribution in [0.15, 0.2) is 36.4 Å². The van der Waals surface area contributed by atoms with Crippen molar-refractivity contribution in [2.45, 2.75) is 31.3 Å². The summed E-state index contributed by atoms with van der Waals surface area (Å²) in [5.74, 6) is 1.35. The highest BCUT2D eigenvalue weighted by Crippen LogP contribution is 2.47. The molecule has 2 aromatic rings. The Labute approximate surface area is 119 Å². The maximum Gasteiger partial charge on any atom is 0.141 e. The summed E-state index contributed by atoms with van der Waals surface area (Å²) in [4.78, 5) is 9.18. The summed E-state index contributed by atoms with van der Waals surface area (Å²) in [6, 6.07) is 12.3. The maximum absolute atomic E-state index is 5.94. The van der Waals surface area contributed by atoms with Crippen LogP contribution in [0.5, 0.6) is 0 Å². The average molecular weight is 269 g/mol. The average Bonchev–Trinajstić information content (AvgIpc) is 2.38. The fourth-order valence-electron chi connectivity index (χ4n) is 2.88. The Morgan fingerprint density at radius 2 is 1.95 bits per heavy atom. The van der Waals surface area contributed by atoms with E-state index in [1.807, 2.05) is 6.07 Å². The van der Waals surface area contributed by atoms with E-state index in [2.05, 4.69) is 34.2 Å². The number of nitrogens with two attached hydrogens (primary N) is 1. The molecule has 4 heteroatoms. The molecule has 1 fully saturated rings. The molecule has 1 aliphatic carbocycles. The van der Waals surface area contributed by atoms with Crippen LogP contribution >= 0.6 is 0 Å². The van der Waals surface area contributed by atoms with Gasteiger partial charge in [-0.25, -0.2) is 9.97 Å². The first kappa shape index (κ1) is 13.1. The van der Waals surface area contributed by atoms with Crippen molar-refractivity contribution >= 4 is 5.82 Å². The lowest BCUT2D eigenvalue weighted by Crippen LogP contribution is -2.37.